The predicted octanol–water partition coefficient (Wildman–Crippen LogP) is 4.51. The van der Waals surface area contributed by atoms with E-state index in [2.05, 4.69) is 10.3 Å². The van der Waals surface area contributed by atoms with Crippen molar-refractivity contribution in [2.45, 2.75) is 0 Å². The molecule has 0 unspecified atom stereocenters. The number of rotatable bonds is 4. The lowest BCUT2D eigenvalue weighted by molar-refractivity contribution is -0.384. The fraction of sp³-hybridized carbons (Fsp3) is 0. The van der Waals surface area contributed by atoms with E-state index in [0.717, 1.165) is 5.56 Å². The Bertz CT molecular complexity index is 968. The smallest absolute Gasteiger partial charge is 0.270 e. The van der Waals surface area contributed by atoms with Crippen molar-refractivity contribution in [1.82, 2.24) is 4.98 Å². The number of amides is 1. The lowest BCUT2D eigenvalue weighted by Crippen LogP contribution is -2.07. The zero-order valence-electron chi connectivity index (χ0n) is 12.1. The normalized spacial score (nSPS) is 11.0. The molecule has 3 rings (SSSR count). The number of hydrogen-bond acceptors (Lipinski definition) is 5. The molecule has 6 nitrogen and oxygen atoms in total. The molecule has 1 aromatic heterocycles. The fourth-order valence-corrected chi connectivity index (χ4v) is 3.10. The van der Waals surface area contributed by atoms with Crippen LogP contribution in [0.15, 0.2) is 48.5 Å². The second-order valence-corrected chi connectivity index (χ2v) is 6.21. The number of aromatic nitrogens is 1. The zero-order chi connectivity index (χ0) is 17.1. The van der Waals surface area contributed by atoms with Gasteiger partial charge < -0.3 is 0 Å². The molecule has 0 aliphatic heterocycles. The van der Waals surface area contributed by atoms with Crippen LogP contribution in [0.1, 0.15) is 5.56 Å². The molecule has 8 heteroatoms. The number of non-ortho nitro benzene ring substituents is 1. The first-order chi connectivity index (χ1) is 11.5. The summed E-state index contributed by atoms with van der Waals surface area (Å²) < 4.78 is 0.634. The van der Waals surface area contributed by atoms with Crippen molar-refractivity contribution in [1.29, 1.82) is 0 Å². The van der Waals surface area contributed by atoms with Gasteiger partial charge in [-0.1, -0.05) is 41.1 Å². The zero-order valence-corrected chi connectivity index (χ0v) is 13.7. The Morgan fingerprint density at radius 3 is 2.83 bits per heavy atom. The average molecular weight is 360 g/mol. The van der Waals surface area contributed by atoms with Crippen LogP contribution < -0.4 is 5.32 Å². The molecular weight excluding hydrogens is 350 g/mol. The summed E-state index contributed by atoms with van der Waals surface area (Å²) in [6.07, 6.45) is 2.96. The number of carbonyl (C=O) groups is 1. The molecule has 24 heavy (non-hydrogen) atoms. The maximum atomic E-state index is 12.0. The predicted molar refractivity (Wildman–Crippen MR) is 95.4 cm³/mol. The van der Waals surface area contributed by atoms with Gasteiger partial charge in [-0.05, 0) is 23.8 Å². The first-order valence-corrected chi connectivity index (χ1v) is 8.01. The van der Waals surface area contributed by atoms with Crippen LogP contribution >= 0.6 is 22.9 Å². The molecule has 0 fully saturated rings. The average Bonchev–Trinajstić information content (AvgIpc) is 2.95. The van der Waals surface area contributed by atoms with Crippen molar-refractivity contribution < 1.29 is 9.72 Å². The van der Waals surface area contributed by atoms with Gasteiger partial charge >= 0.3 is 0 Å². The van der Waals surface area contributed by atoms with E-state index in [0.29, 0.717) is 20.4 Å². The Labute approximate surface area is 145 Å². The van der Waals surface area contributed by atoms with Crippen LogP contribution in [0.4, 0.5) is 10.8 Å². The summed E-state index contributed by atoms with van der Waals surface area (Å²) in [5.41, 5.74) is 1.31. The first-order valence-electron chi connectivity index (χ1n) is 6.81. The molecule has 0 radical (unpaired) electrons. The standard InChI is InChI=1S/C16H10ClN3O3S/c17-12-4-2-1-3-10(12)5-8-15(21)19-16-18-13-7-6-11(20(22)23)9-14(13)24-16/h1-9H,(H,18,19,21). The van der Waals surface area contributed by atoms with Gasteiger partial charge in [0, 0.05) is 23.2 Å². The summed E-state index contributed by atoms with van der Waals surface area (Å²) in [6, 6.07) is 11.5. The third kappa shape index (κ3) is 3.58. The first kappa shape index (κ1) is 16.1. The number of nitro groups is 1. The quantitative estimate of drug-likeness (QED) is 0.422. The molecule has 2 aromatic carbocycles. The molecule has 0 spiro atoms. The van der Waals surface area contributed by atoms with Crippen LogP contribution in [0.5, 0.6) is 0 Å². The van der Waals surface area contributed by atoms with Crippen molar-refractivity contribution in [2.24, 2.45) is 0 Å². The summed E-state index contributed by atoms with van der Waals surface area (Å²) in [4.78, 5) is 26.5. The number of carbonyl (C=O) groups excluding carboxylic acids is 1. The number of benzene rings is 2. The van der Waals surface area contributed by atoms with Gasteiger partial charge in [-0.15, -0.1) is 0 Å². The second-order valence-electron chi connectivity index (χ2n) is 4.77. The minimum absolute atomic E-state index is 0.0114. The SMILES string of the molecule is O=C(C=Cc1ccccc1Cl)Nc1nc2ccc([N+](=O)[O-])cc2s1. The van der Waals surface area contributed by atoms with E-state index in [1.807, 2.05) is 6.07 Å². The lowest BCUT2D eigenvalue weighted by Gasteiger charge is -1.97. The highest BCUT2D eigenvalue weighted by atomic mass is 35.5. The van der Waals surface area contributed by atoms with Crippen LogP contribution in [-0.2, 0) is 4.79 Å². The van der Waals surface area contributed by atoms with Crippen LogP contribution in [0.2, 0.25) is 5.02 Å². The maximum absolute atomic E-state index is 12.0. The molecule has 1 N–H and O–H groups in total. The monoisotopic (exact) mass is 359 g/mol. The number of halogens is 1. The Morgan fingerprint density at radius 1 is 1.29 bits per heavy atom. The second kappa shape index (κ2) is 6.77. The van der Waals surface area contributed by atoms with Gasteiger partial charge in [0.25, 0.3) is 5.69 Å². The van der Waals surface area contributed by atoms with Crippen LogP contribution in [0.3, 0.4) is 0 Å². The molecule has 3 aromatic rings. The molecule has 0 atom stereocenters. The fourth-order valence-electron chi connectivity index (χ4n) is 2.00. The van der Waals surface area contributed by atoms with Gasteiger partial charge in [-0.2, -0.15) is 0 Å². The number of nitro benzene ring substituents is 1. The molecule has 0 saturated carbocycles. The lowest BCUT2D eigenvalue weighted by atomic mass is 10.2. The number of fused-ring (bicyclic) bond motifs is 1. The van der Waals surface area contributed by atoms with Gasteiger partial charge in [0.05, 0.1) is 15.1 Å². The number of hydrogen-bond donors (Lipinski definition) is 1. The third-order valence-electron chi connectivity index (χ3n) is 3.13. The maximum Gasteiger partial charge on any atom is 0.270 e. The Kier molecular flexibility index (Phi) is 4.54. The highest BCUT2D eigenvalue weighted by molar-refractivity contribution is 7.22. The van der Waals surface area contributed by atoms with E-state index in [1.165, 1.54) is 29.5 Å². The van der Waals surface area contributed by atoms with E-state index in [1.54, 1.807) is 30.3 Å². The summed E-state index contributed by atoms with van der Waals surface area (Å²) >= 11 is 7.19. The van der Waals surface area contributed by atoms with E-state index in [-0.39, 0.29) is 11.6 Å². The third-order valence-corrected chi connectivity index (χ3v) is 4.41. The minimum atomic E-state index is -0.468. The minimum Gasteiger partial charge on any atom is -0.298 e. The molecule has 1 heterocycles. The van der Waals surface area contributed by atoms with Crippen molar-refractivity contribution in [3.8, 4) is 0 Å². The molecular formula is C16H10ClN3O3S. The van der Waals surface area contributed by atoms with Gasteiger partial charge in [0.1, 0.15) is 0 Å². The largest absolute Gasteiger partial charge is 0.298 e. The molecule has 0 aliphatic carbocycles. The molecule has 0 saturated heterocycles. The van der Waals surface area contributed by atoms with E-state index in [9.17, 15) is 14.9 Å². The number of anilines is 1. The summed E-state index contributed by atoms with van der Waals surface area (Å²) in [5, 5.41) is 14.3. The van der Waals surface area contributed by atoms with Crippen molar-refractivity contribution in [2.75, 3.05) is 5.32 Å². The summed E-state index contributed by atoms with van der Waals surface area (Å²) in [6.45, 7) is 0. The van der Waals surface area contributed by atoms with E-state index >= 15 is 0 Å². The molecule has 1 amide bonds. The molecule has 0 bridgehead atoms. The molecule has 120 valence electrons. The summed E-state index contributed by atoms with van der Waals surface area (Å²) in [7, 11) is 0. The van der Waals surface area contributed by atoms with E-state index in [4.69, 9.17) is 11.6 Å². The number of thiazole rings is 1. The number of nitrogens with zero attached hydrogens (tertiary/aromatic N) is 2. The summed E-state index contributed by atoms with van der Waals surface area (Å²) in [5.74, 6) is -0.358. The van der Waals surface area contributed by atoms with Gasteiger partial charge in [-0.25, -0.2) is 4.98 Å². The van der Waals surface area contributed by atoms with Crippen molar-refractivity contribution in [3.05, 3.63) is 69.2 Å². The topological polar surface area (TPSA) is 85.1 Å². The van der Waals surface area contributed by atoms with Crippen molar-refractivity contribution in [3.63, 3.8) is 0 Å². The van der Waals surface area contributed by atoms with Gasteiger partial charge in [-0.3, -0.25) is 20.2 Å². The Morgan fingerprint density at radius 2 is 2.08 bits per heavy atom. The van der Waals surface area contributed by atoms with Gasteiger partial charge in [0.2, 0.25) is 5.91 Å². The van der Waals surface area contributed by atoms with Crippen LogP contribution in [-0.4, -0.2) is 15.8 Å². The van der Waals surface area contributed by atoms with Gasteiger partial charge in [0.15, 0.2) is 5.13 Å². The van der Waals surface area contributed by atoms with E-state index < -0.39 is 4.92 Å². The van der Waals surface area contributed by atoms with Crippen molar-refractivity contribution >= 4 is 56.0 Å². The highest BCUT2D eigenvalue weighted by Gasteiger charge is 2.11. The van der Waals surface area contributed by atoms with Crippen LogP contribution in [0.25, 0.3) is 16.3 Å². The Hall–Kier alpha value is -2.77. The van der Waals surface area contributed by atoms with Crippen LogP contribution in [0, 0.1) is 10.1 Å². The molecule has 0 aliphatic rings. The number of nitrogens with one attached hydrogen (secondary N) is 1. The Balaban J connectivity index is 1.76. The highest BCUT2D eigenvalue weighted by Crippen LogP contribution is 2.29.